The van der Waals surface area contributed by atoms with Crippen LogP contribution >= 0.6 is 0 Å². The van der Waals surface area contributed by atoms with Crippen LogP contribution in [0.3, 0.4) is 0 Å². The minimum atomic E-state index is 0.872. The van der Waals surface area contributed by atoms with Crippen molar-refractivity contribution in [1.29, 1.82) is 0 Å². The van der Waals surface area contributed by atoms with Crippen molar-refractivity contribution in [2.75, 3.05) is 4.90 Å². The molecule has 0 atom stereocenters. The standard InChI is InChI=1S/C54H35NO2/c1-3-12-36(13-4-1)37-22-27-43(28-23-37)55(42-15-5-2-6-16-42)44-17-11-14-40(32-44)45-29-24-38(39-25-30-48-46-18-7-9-20-51(46)56-53(48)34-39)33-50(45)41-26-31-49-47-19-8-10-21-52(47)57-54(49)35-41/h1-35H. The van der Waals surface area contributed by atoms with Crippen LogP contribution in [0.15, 0.2) is 221 Å². The topological polar surface area (TPSA) is 29.5 Å². The van der Waals surface area contributed by atoms with Gasteiger partial charge in [-0.2, -0.15) is 0 Å². The number of fused-ring (bicyclic) bond motifs is 6. The number of furan rings is 2. The van der Waals surface area contributed by atoms with E-state index < -0.39 is 0 Å². The van der Waals surface area contributed by atoms with Gasteiger partial charge in [0.15, 0.2) is 0 Å². The summed E-state index contributed by atoms with van der Waals surface area (Å²) in [6, 6.07) is 75.3. The summed E-state index contributed by atoms with van der Waals surface area (Å²) in [6.45, 7) is 0. The summed E-state index contributed by atoms with van der Waals surface area (Å²) >= 11 is 0. The van der Waals surface area contributed by atoms with E-state index in [1.807, 2.05) is 24.3 Å². The lowest BCUT2D eigenvalue weighted by molar-refractivity contribution is 0.668. The Hall–Kier alpha value is -7.62. The van der Waals surface area contributed by atoms with Crippen LogP contribution in [0.5, 0.6) is 0 Å². The molecule has 11 aromatic rings. The van der Waals surface area contributed by atoms with E-state index in [1.54, 1.807) is 0 Å². The van der Waals surface area contributed by atoms with Crippen molar-refractivity contribution in [2.24, 2.45) is 0 Å². The van der Waals surface area contributed by atoms with Crippen LogP contribution in [0.25, 0.3) is 88.4 Å². The molecule has 9 aromatic carbocycles. The molecular weight excluding hydrogens is 695 g/mol. The molecule has 3 nitrogen and oxygen atoms in total. The second kappa shape index (κ2) is 13.6. The van der Waals surface area contributed by atoms with Gasteiger partial charge in [0.05, 0.1) is 0 Å². The Bertz CT molecular complexity index is 3230. The minimum absolute atomic E-state index is 0.872. The first-order chi connectivity index (χ1) is 28.2. The zero-order valence-corrected chi connectivity index (χ0v) is 31.0. The second-order valence-electron chi connectivity index (χ2n) is 14.5. The third-order valence-corrected chi connectivity index (χ3v) is 11.1. The van der Waals surface area contributed by atoms with Gasteiger partial charge in [-0.05, 0) is 123 Å². The van der Waals surface area contributed by atoms with Crippen molar-refractivity contribution < 1.29 is 8.83 Å². The molecule has 2 heterocycles. The van der Waals surface area contributed by atoms with Gasteiger partial charge in [-0.1, -0.05) is 133 Å². The summed E-state index contributed by atoms with van der Waals surface area (Å²) in [6.07, 6.45) is 0. The van der Waals surface area contributed by atoms with E-state index >= 15 is 0 Å². The van der Waals surface area contributed by atoms with Gasteiger partial charge < -0.3 is 13.7 Å². The van der Waals surface area contributed by atoms with Gasteiger partial charge in [0.1, 0.15) is 22.3 Å². The summed E-state index contributed by atoms with van der Waals surface area (Å²) in [5.41, 5.74) is 15.9. The Labute approximate surface area is 330 Å². The summed E-state index contributed by atoms with van der Waals surface area (Å²) in [4.78, 5) is 2.33. The van der Waals surface area contributed by atoms with E-state index in [0.29, 0.717) is 0 Å². The number of rotatable bonds is 7. The molecule has 0 fully saturated rings. The number of hydrogen-bond acceptors (Lipinski definition) is 3. The number of nitrogens with zero attached hydrogens (tertiary/aromatic N) is 1. The lowest BCUT2D eigenvalue weighted by Crippen LogP contribution is -2.09. The molecule has 0 bridgehead atoms. The maximum Gasteiger partial charge on any atom is 0.136 e. The van der Waals surface area contributed by atoms with E-state index in [2.05, 4.69) is 193 Å². The summed E-state index contributed by atoms with van der Waals surface area (Å²) in [7, 11) is 0. The van der Waals surface area contributed by atoms with Crippen molar-refractivity contribution in [1.82, 2.24) is 0 Å². The van der Waals surface area contributed by atoms with Gasteiger partial charge in [-0.15, -0.1) is 0 Å². The molecule has 0 aliphatic rings. The fourth-order valence-corrected chi connectivity index (χ4v) is 8.28. The first-order valence-electron chi connectivity index (χ1n) is 19.3. The molecule has 0 saturated heterocycles. The molecule has 268 valence electrons. The molecule has 0 spiro atoms. The molecule has 0 N–H and O–H groups in total. The van der Waals surface area contributed by atoms with Crippen molar-refractivity contribution in [3.05, 3.63) is 212 Å². The monoisotopic (exact) mass is 729 g/mol. The summed E-state index contributed by atoms with van der Waals surface area (Å²) < 4.78 is 12.7. The molecule has 3 heteroatoms. The van der Waals surface area contributed by atoms with Gasteiger partial charge in [-0.3, -0.25) is 0 Å². The molecule has 0 radical (unpaired) electrons. The molecule has 0 unspecified atom stereocenters. The lowest BCUT2D eigenvalue weighted by Gasteiger charge is -2.26. The lowest BCUT2D eigenvalue weighted by atomic mass is 9.90. The molecule has 57 heavy (non-hydrogen) atoms. The highest BCUT2D eigenvalue weighted by Crippen LogP contribution is 2.42. The van der Waals surface area contributed by atoms with Crippen molar-refractivity contribution >= 4 is 60.9 Å². The second-order valence-corrected chi connectivity index (χ2v) is 14.5. The molecule has 0 aliphatic heterocycles. The van der Waals surface area contributed by atoms with Crippen LogP contribution in [0, 0.1) is 0 Å². The molecule has 0 saturated carbocycles. The quantitative estimate of drug-likeness (QED) is 0.164. The fourth-order valence-electron chi connectivity index (χ4n) is 8.28. The van der Waals surface area contributed by atoms with Crippen LogP contribution in [-0.4, -0.2) is 0 Å². The van der Waals surface area contributed by atoms with Gasteiger partial charge >= 0.3 is 0 Å². The van der Waals surface area contributed by atoms with E-state index in [9.17, 15) is 0 Å². The molecule has 11 rings (SSSR count). The Morgan fingerprint density at radius 3 is 1.40 bits per heavy atom. The maximum atomic E-state index is 6.42. The maximum absolute atomic E-state index is 6.42. The molecule has 2 aromatic heterocycles. The normalized spacial score (nSPS) is 11.5. The van der Waals surface area contributed by atoms with Crippen LogP contribution in [0.2, 0.25) is 0 Å². The molecule has 0 aliphatic carbocycles. The largest absolute Gasteiger partial charge is 0.456 e. The van der Waals surface area contributed by atoms with Crippen LogP contribution in [0.4, 0.5) is 17.1 Å². The third kappa shape index (κ3) is 5.85. The first kappa shape index (κ1) is 32.8. The average molecular weight is 730 g/mol. The van der Waals surface area contributed by atoms with Gasteiger partial charge in [0.25, 0.3) is 0 Å². The summed E-state index contributed by atoms with van der Waals surface area (Å²) in [5.74, 6) is 0. The Morgan fingerprint density at radius 2 is 0.702 bits per heavy atom. The third-order valence-electron chi connectivity index (χ3n) is 11.1. The predicted molar refractivity (Wildman–Crippen MR) is 237 cm³/mol. The Balaban J connectivity index is 1.06. The van der Waals surface area contributed by atoms with Crippen LogP contribution < -0.4 is 4.90 Å². The van der Waals surface area contributed by atoms with E-state index in [-0.39, 0.29) is 0 Å². The number of para-hydroxylation sites is 3. The van der Waals surface area contributed by atoms with Gasteiger partial charge in [0.2, 0.25) is 0 Å². The smallest absolute Gasteiger partial charge is 0.136 e. The fraction of sp³-hybridized carbons (Fsp3) is 0. The van der Waals surface area contributed by atoms with Crippen molar-refractivity contribution in [3.63, 3.8) is 0 Å². The Morgan fingerprint density at radius 1 is 0.246 bits per heavy atom. The highest BCUT2D eigenvalue weighted by atomic mass is 16.3. The van der Waals surface area contributed by atoms with Gasteiger partial charge in [-0.25, -0.2) is 0 Å². The first-order valence-corrected chi connectivity index (χ1v) is 19.3. The zero-order valence-electron chi connectivity index (χ0n) is 31.0. The molecule has 0 amide bonds. The van der Waals surface area contributed by atoms with Crippen molar-refractivity contribution in [3.8, 4) is 44.5 Å². The van der Waals surface area contributed by atoms with Crippen LogP contribution in [0.1, 0.15) is 0 Å². The Kier molecular flexibility index (Phi) is 7.82. The number of benzene rings is 9. The van der Waals surface area contributed by atoms with E-state index in [1.165, 1.54) is 11.1 Å². The highest BCUT2D eigenvalue weighted by Gasteiger charge is 2.18. The summed E-state index contributed by atoms with van der Waals surface area (Å²) in [5, 5.41) is 4.49. The van der Waals surface area contributed by atoms with E-state index in [0.717, 1.165) is 94.3 Å². The van der Waals surface area contributed by atoms with Gasteiger partial charge in [0, 0.05) is 38.6 Å². The van der Waals surface area contributed by atoms with Crippen molar-refractivity contribution in [2.45, 2.75) is 0 Å². The average Bonchev–Trinajstić information content (AvgIpc) is 3.85. The minimum Gasteiger partial charge on any atom is -0.456 e. The zero-order chi connectivity index (χ0) is 37.7. The number of anilines is 3. The van der Waals surface area contributed by atoms with Crippen LogP contribution in [-0.2, 0) is 0 Å². The number of hydrogen-bond donors (Lipinski definition) is 0. The SMILES string of the molecule is c1ccc(-c2ccc(N(c3ccccc3)c3cccc(-c4ccc(-c5ccc6c(c5)oc5ccccc56)cc4-c4ccc5c(c4)oc4ccccc45)c3)cc2)cc1. The molecular formula is C54H35NO2. The highest BCUT2D eigenvalue weighted by molar-refractivity contribution is 6.07. The van der Waals surface area contributed by atoms with E-state index in [4.69, 9.17) is 8.83 Å². The predicted octanol–water partition coefficient (Wildman–Crippen LogP) is 15.6.